The molecule has 0 radical (unpaired) electrons. The molecule has 16 heavy (non-hydrogen) atoms. The minimum Gasteiger partial charge on any atom is -0.355 e. The number of amides is 1. The molecule has 4 heteroatoms. The molecule has 2 atom stereocenters. The lowest BCUT2D eigenvalue weighted by Crippen LogP contribution is -2.51. The summed E-state index contributed by atoms with van der Waals surface area (Å²) in [6, 6.07) is 0.0364. The van der Waals surface area contributed by atoms with E-state index in [4.69, 9.17) is 0 Å². The topological polar surface area (TPSA) is 41.1 Å². The lowest BCUT2D eigenvalue weighted by atomic mass is 9.92. The Morgan fingerprint density at radius 3 is 3.00 bits per heavy atom. The van der Waals surface area contributed by atoms with Gasteiger partial charge >= 0.3 is 0 Å². The van der Waals surface area contributed by atoms with Crippen LogP contribution in [0.5, 0.6) is 0 Å². The number of rotatable bonds is 6. The molecule has 0 spiro atoms. The molecule has 0 aromatic heterocycles. The van der Waals surface area contributed by atoms with Crippen molar-refractivity contribution >= 4 is 17.7 Å². The third-order valence-electron chi connectivity index (χ3n) is 3.13. The van der Waals surface area contributed by atoms with Gasteiger partial charge in [-0.25, -0.2) is 0 Å². The first-order valence-corrected chi connectivity index (χ1v) is 7.65. The van der Waals surface area contributed by atoms with Crippen molar-refractivity contribution in [2.75, 3.05) is 25.1 Å². The van der Waals surface area contributed by atoms with Crippen molar-refractivity contribution in [2.24, 2.45) is 5.92 Å². The zero-order valence-electron chi connectivity index (χ0n) is 10.4. The van der Waals surface area contributed by atoms with E-state index in [0.717, 1.165) is 25.9 Å². The fraction of sp³-hybridized carbons (Fsp3) is 0.917. The van der Waals surface area contributed by atoms with Crippen LogP contribution in [0.25, 0.3) is 0 Å². The Morgan fingerprint density at radius 1 is 1.50 bits per heavy atom. The van der Waals surface area contributed by atoms with Crippen LogP contribution in [-0.4, -0.2) is 37.0 Å². The van der Waals surface area contributed by atoms with E-state index < -0.39 is 0 Å². The summed E-state index contributed by atoms with van der Waals surface area (Å²) < 4.78 is 0. The van der Waals surface area contributed by atoms with Crippen LogP contribution in [0.3, 0.4) is 0 Å². The highest BCUT2D eigenvalue weighted by Gasteiger charge is 2.26. The molecule has 94 valence electrons. The Labute approximate surface area is 103 Å². The van der Waals surface area contributed by atoms with E-state index in [9.17, 15) is 4.79 Å². The van der Waals surface area contributed by atoms with Gasteiger partial charge in [0.2, 0.25) is 5.91 Å². The molecule has 1 heterocycles. The average Bonchev–Trinajstić information content (AvgIpc) is 2.29. The predicted molar refractivity (Wildman–Crippen MR) is 70.8 cm³/mol. The number of hydrogen-bond donors (Lipinski definition) is 2. The summed E-state index contributed by atoms with van der Waals surface area (Å²) in [5, 5.41) is 6.34. The summed E-state index contributed by atoms with van der Waals surface area (Å²) in [4.78, 5) is 11.9. The van der Waals surface area contributed by atoms with Crippen LogP contribution in [-0.2, 0) is 4.79 Å². The number of thioether (sulfide) groups is 1. The molecule has 1 saturated heterocycles. The van der Waals surface area contributed by atoms with Crippen molar-refractivity contribution in [1.82, 2.24) is 10.6 Å². The minimum atomic E-state index is 0.0364. The van der Waals surface area contributed by atoms with E-state index in [-0.39, 0.29) is 11.9 Å². The lowest BCUT2D eigenvalue weighted by Gasteiger charge is -2.28. The molecular formula is C12H24N2OS. The molecular weight excluding hydrogens is 220 g/mol. The van der Waals surface area contributed by atoms with Gasteiger partial charge in [0.05, 0.1) is 6.04 Å². The van der Waals surface area contributed by atoms with Crippen molar-refractivity contribution in [2.45, 2.75) is 38.6 Å². The van der Waals surface area contributed by atoms with Crippen LogP contribution < -0.4 is 10.6 Å². The van der Waals surface area contributed by atoms with E-state index in [1.807, 2.05) is 11.8 Å². The maximum atomic E-state index is 11.9. The van der Waals surface area contributed by atoms with Gasteiger partial charge < -0.3 is 10.6 Å². The second-order valence-corrected chi connectivity index (χ2v) is 5.53. The summed E-state index contributed by atoms with van der Waals surface area (Å²) in [6.45, 7) is 3.96. The smallest absolute Gasteiger partial charge is 0.237 e. The molecule has 2 N–H and O–H groups in total. The predicted octanol–water partition coefficient (Wildman–Crippen LogP) is 1.63. The Hall–Kier alpha value is -0.220. The maximum Gasteiger partial charge on any atom is 0.237 e. The normalized spacial score (nSPS) is 25.4. The van der Waals surface area contributed by atoms with Crippen LogP contribution in [0.15, 0.2) is 0 Å². The first-order chi connectivity index (χ1) is 7.75. The van der Waals surface area contributed by atoms with Crippen molar-refractivity contribution < 1.29 is 4.79 Å². The van der Waals surface area contributed by atoms with Gasteiger partial charge in [-0.1, -0.05) is 6.92 Å². The number of carbonyl (C=O) groups excluding carboxylic acids is 1. The molecule has 1 rings (SSSR count). The quantitative estimate of drug-likeness (QED) is 0.698. The van der Waals surface area contributed by atoms with E-state index in [1.54, 1.807) is 0 Å². The molecule has 1 fully saturated rings. The molecule has 1 aliphatic rings. The average molecular weight is 244 g/mol. The molecule has 2 unspecified atom stereocenters. The SMILES string of the molecule is CSCCCCNC(=O)C1NCCCC1C. The molecule has 3 nitrogen and oxygen atoms in total. The first kappa shape index (κ1) is 13.8. The van der Waals surface area contributed by atoms with Crippen LogP contribution in [0.4, 0.5) is 0 Å². The van der Waals surface area contributed by atoms with Gasteiger partial charge in [0, 0.05) is 6.54 Å². The van der Waals surface area contributed by atoms with Gasteiger partial charge in [0.25, 0.3) is 0 Å². The number of carbonyl (C=O) groups is 1. The molecule has 0 aliphatic carbocycles. The molecule has 0 aromatic rings. The highest BCUT2D eigenvalue weighted by Crippen LogP contribution is 2.15. The summed E-state index contributed by atoms with van der Waals surface area (Å²) in [5.74, 6) is 1.85. The van der Waals surface area contributed by atoms with Gasteiger partial charge in [-0.15, -0.1) is 0 Å². The summed E-state index contributed by atoms with van der Waals surface area (Å²) in [7, 11) is 0. The third kappa shape index (κ3) is 4.74. The largest absolute Gasteiger partial charge is 0.355 e. The van der Waals surface area contributed by atoms with Crippen LogP contribution in [0.1, 0.15) is 32.6 Å². The first-order valence-electron chi connectivity index (χ1n) is 6.25. The highest BCUT2D eigenvalue weighted by atomic mass is 32.2. The van der Waals surface area contributed by atoms with Crippen LogP contribution in [0.2, 0.25) is 0 Å². The maximum absolute atomic E-state index is 11.9. The van der Waals surface area contributed by atoms with Crippen LogP contribution >= 0.6 is 11.8 Å². The number of piperidine rings is 1. The van der Waals surface area contributed by atoms with Crippen LogP contribution in [0, 0.1) is 5.92 Å². The number of unbranched alkanes of at least 4 members (excludes halogenated alkanes) is 1. The molecule has 0 aromatic carbocycles. The Kier molecular flexibility index (Phi) is 6.88. The van der Waals surface area contributed by atoms with E-state index in [1.165, 1.54) is 18.6 Å². The van der Waals surface area contributed by atoms with Gasteiger partial charge in [0.1, 0.15) is 0 Å². The fourth-order valence-electron chi connectivity index (χ4n) is 2.09. The Bertz CT molecular complexity index is 211. The summed E-state index contributed by atoms with van der Waals surface area (Å²) in [6.07, 6.45) is 6.76. The van der Waals surface area contributed by atoms with Gasteiger partial charge in [0.15, 0.2) is 0 Å². The van der Waals surface area contributed by atoms with Gasteiger partial charge in [-0.2, -0.15) is 11.8 Å². The Balaban J connectivity index is 2.13. The van der Waals surface area contributed by atoms with E-state index in [0.29, 0.717) is 5.92 Å². The van der Waals surface area contributed by atoms with E-state index in [2.05, 4.69) is 23.8 Å². The van der Waals surface area contributed by atoms with Gasteiger partial charge in [-0.05, 0) is 50.2 Å². The second kappa shape index (κ2) is 7.96. The Morgan fingerprint density at radius 2 is 2.31 bits per heavy atom. The molecule has 0 saturated carbocycles. The highest BCUT2D eigenvalue weighted by molar-refractivity contribution is 7.98. The lowest BCUT2D eigenvalue weighted by molar-refractivity contribution is -0.124. The van der Waals surface area contributed by atoms with E-state index >= 15 is 0 Å². The zero-order valence-corrected chi connectivity index (χ0v) is 11.2. The van der Waals surface area contributed by atoms with Gasteiger partial charge in [-0.3, -0.25) is 4.79 Å². The summed E-state index contributed by atoms with van der Waals surface area (Å²) in [5.41, 5.74) is 0. The minimum absolute atomic E-state index is 0.0364. The zero-order chi connectivity index (χ0) is 11.8. The van der Waals surface area contributed by atoms with Crippen molar-refractivity contribution in [3.63, 3.8) is 0 Å². The standard InChI is InChI=1S/C12H24N2OS/c1-10-6-5-8-13-11(10)12(15)14-7-3-4-9-16-2/h10-11,13H,3-9H2,1-2H3,(H,14,15). The summed E-state index contributed by atoms with van der Waals surface area (Å²) >= 11 is 1.86. The third-order valence-corrected chi connectivity index (χ3v) is 3.82. The molecule has 1 amide bonds. The molecule has 1 aliphatic heterocycles. The number of hydrogen-bond acceptors (Lipinski definition) is 3. The second-order valence-electron chi connectivity index (χ2n) is 4.54. The monoisotopic (exact) mass is 244 g/mol. The fourth-order valence-corrected chi connectivity index (χ4v) is 2.59. The molecule has 0 bridgehead atoms. The van der Waals surface area contributed by atoms with Crippen molar-refractivity contribution in [3.8, 4) is 0 Å². The number of nitrogens with one attached hydrogen (secondary N) is 2. The van der Waals surface area contributed by atoms with Crippen molar-refractivity contribution in [3.05, 3.63) is 0 Å². The van der Waals surface area contributed by atoms with Crippen molar-refractivity contribution in [1.29, 1.82) is 0 Å².